The highest BCUT2D eigenvalue weighted by Gasteiger charge is 2.44. The lowest BCUT2D eigenvalue weighted by Gasteiger charge is -2.46. The average Bonchev–Trinajstić information content (AvgIpc) is 2.91. The van der Waals surface area contributed by atoms with E-state index in [-0.39, 0.29) is 0 Å². The summed E-state index contributed by atoms with van der Waals surface area (Å²) < 4.78 is 0. The van der Waals surface area contributed by atoms with Gasteiger partial charge in [-0.25, -0.2) is 0 Å². The lowest BCUT2D eigenvalue weighted by atomic mass is 9.57. The molecule has 2 aromatic rings. The topological polar surface area (TPSA) is 0 Å². The molecule has 0 saturated carbocycles. The summed E-state index contributed by atoms with van der Waals surface area (Å²) >= 11 is 0. The Hall–Kier alpha value is -3.64. The molecule has 5 atom stereocenters. The smallest absolute Gasteiger partial charge is 0.0130 e. The first-order valence-electron chi connectivity index (χ1n) is 12.6. The van der Waals surface area contributed by atoms with E-state index < -0.39 is 0 Å². The third-order valence-corrected chi connectivity index (χ3v) is 8.32. The van der Waals surface area contributed by atoms with Crippen molar-refractivity contribution in [1.82, 2.24) is 0 Å². The molecule has 0 saturated heterocycles. The van der Waals surface area contributed by atoms with Crippen LogP contribution in [0.3, 0.4) is 0 Å². The highest BCUT2D eigenvalue weighted by molar-refractivity contribution is 5.86. The van der Waals surface area contributed by atoms with Crippen molar-refractivity contribution >= 4 is 10.8 Å². The molecule has 0 N–H and O–H groups in total. The van der Waals surface area contributed by atoms with Gasteiger partial charge < -0.3 is 0 Å². The van der Waals surface area contributed by atoms with Crippen molar-refractivity contribution in [2.75, 3.05) is 0 Å². The first-order chi connectivity index (χ1) is 16.9. The molecule has 5 unspecified atom stereocenters. The van der Waals surface area contributed by atoms with Crippen molar-refractivity contribution in [2.24, 2.45) is 23.7 Å². The van der Waals surface area contributed by atoms with Crippen LogP contribution < -0.4 is 0 Å². The van der Waals surface area contributed by atoms with Gasteiger partial charge >= 0.3 is 0 Å². The second kappa shape index (κ2) is 7.99. The van der Waals surface area contributed by atoms with Gasteiger partial charge in [0.15, 0.2) is 0 Å². The molecule has 0 heteroatoms. The molecule has 7 rings (SSSR count). The predicted octanol–water partition coefficient (Wildman–Crippen LogP) is 8.33. The number of rotatable bonds is 2. The van der Waals surface area contributed by atoms with Gasteiger partial charge in [-0.1, -0.05) is 128 Å². The summed E-state index contributed by atoms with van der Waals surface area (Å²) in [7, 11) is 0. The van der Waals surface area contributed by atoms with Crippen LogP contribution in [0.25, 0.3) is 10.8 Å². The van der Waals surface area contributed by atoms with Gasteiger partial charge in [0.25, 0.3) is 0 Å². The van der Waals surface area contributed by atoms with E-state index >= 15 is 0 Å². The summed E-state index contributed by atoms with van der Waals surface area (Å²) in [5.74, 6) is 2.11. The van der Waals surface area contributed by atoms with Gasteiger partial charge in [0.2, 0.25) is 0 Å². The molecule has 5 aliphatic rings. The molecule has 0 heterocycles. The summed E-state index contributed by atoms with van der Waals surface area (Å²) in [6, 6.07) is 15.8. The summed E-state index contributed by atoms with van der Waals surface area (Å²) in [6.45, 7) is 0. The van der Waals surface area contributed by atoms with E-state index in [4.69, 9.17) is 0 Å². The van der Waals surface area contributed by atoms with Gasteiger partial charge in [0.05, 0.1) is 0 Å². The Labute approximate surface area is 202 Å². The molecule has 0 aromatic heterocycles. The molecule has 5 aliphatic carbocycles. The molecule has 0 radical (unpaired) electrons. The molecule has 0 amide bonds. The van der Waals surface area contributed by atoms with Gasteiger partial charge in [-0.3, -0.25) is 0 Å². The normalized spacial score (nSPS) is 30.6. The van der Waals surface area contributed by atoms with E-state index in [0.717, 1.165) is 6.42 Å². The van der Waals surface area contributed by atoms with Crippen molar-refractivity contribution < 1.29 is 0 Å². The number of hydrogen-bond acceptors (Lipinski definition) is 0. The Balaban J connectivity index is 1.45. The van der Waals surface area contributed by atoms with Crippen LogP contribution in [0, 0.1) is 23.7 Å². The lowest BCUT2D eigenvalue weighted by molar-refractivity contribution is 0.394. The van der Waals surface area contributed by atoms with Gasteiger partial charge in [-0.05, 0) is 51.0 Å². The van der Waals surface area contributed by atoms with Gasteiger partial charge in [-0.2, -0.15) is 0 Å². The van der Waals surface area contributed by atoms with Crippen LogP contribution in [0.5, 0.6) is 0 Å². The Morgan fingerprint density at radius 2 is 1.47 bits per heavy atom. The van der Waals surface area contributed by atoms with E-state index in [1.54, 1.807) is 11.1 Å². The first kappa shape index (κ1) is 19.8. The van der Waals surface area contributed by atoms with E-state index in [0.29, 0.717) is 29.6 Å². The Morgan fingerprint density at radius 1 is 0.647 bits per heavy atom. The fraction of sp³-hybridized carbons (Fsp3) is 0.176. The van der Waals surface area contributed by atoms with Crippen LogP contribution in [-0.2, 0) is 0 Å². The summed E-state index contributed by atoms with van der Waals surface area (Å²) in [5.41, 5.74) is 7.53. The van der Waals surface area contributed by atoms with Gasteiger partial charge in [-0.15, -0.1) is 0 Å². The van der Waals surface area contributed by atoms with E-state index in [2.05, 4.69) is 128 Å². The van der Waals surface area contributed by atoms with E-state index in [1.807, 2.05) is 0 Å². The van der Waals surface area contributed by atoms with E-state index in [1.165, 1.54) is 27.5 Å². The fourth-order valence-electron chi connectivity index (χ4n) is 6.92. The molecule has 2 aromatic carbocycles. The monoisotopic (exact) mass is 436 g/mol. The third-order valence-electron chi connectivity index (χ3n) is 8.32. The second-order valence-electron chi connectivity index (χ2n) is 9.97. The number of allylic oxidation sites excluding steroid dienone is 18. The molecule has 0 nitrogen and oxygen atoms in total. The minimum absolute atomic E-state index is 0.378. The van der Waals surface area contributed by atoms with Crippen LogP contribution in [0.15, 0.2) is 150 Å². The average molecular weight is 437 g/mol. The van der Waals surface area contributed by atoms with Crippen LogP contribution in [-0.4, -0.2) is 0 Å². The maximum atomic E-state index is 2.47. The highest BCUT2D eigenvalue weighted by atomic mass is 14.5. The standard InChI is InChI=1S/C34H28/c1-3-15-25-23(11-1)13-9-21-27(25)33-29-17-5-7-19-31(29)34(32-20-8-6-18-30(32)33)28-22-10-14-24-12-2-4-16-26(24)28/h1-19,21-22,25,27,31-32,34H,20H2. The number of fused-ring (bicyclic) bond motifs is 4. The molecule has 0 aliphatic heterocycles. The Kier molecular flexibility index (Phi) is 4.65. The first-order valence-corrected chi connectivity index (χ1v) is 12.6. The summed E-state index contributed by atoms with van der Waals surface area (Å²) in [6.07, 6.45) is 33.7. The Morgan fingerprint density at radius 3 is 2.44 bits per heavy atom. The van der Waals surface area contributed by atoms with Crippen LogP contribution in [0.2, 0.25) is 0 Å². The van der Waals surface area contributed by atoms with Crippen molar-refractivity contribution in [2.45, 2.75) is 12.3 Å². The van der Waals surface area contributed by atoms with Crippen molar-refractivity contribution in [1.29, 1.82) is 0 Å². The summed E-state index contributed by atoms with van der Waals surface area (Å²) in [4.78, 5) is 0. The SMILES string of the molecule is C1=CCC2C(=C1)C(C1C=CC=C3C=CC=CC31)=C1C=CC=CC1C2c1cccc2ccccc12. The zero-order valence-electron chi connectivity index (χ0n) is 19.2. The number of hydrogen-bond donors (Lipinski definition) is 0. The zero-order valence-corrected chi connectivity index (χ0v) is 19.2. The van der Waals surface area contributed by atoms with Crippen LogP contribution in [0.4, 0.5) is 0 Å². The molecule has 0 spiro atoms. The Bertz CT molecular complexity index is 1440. The number of benzene rings is 2. The second-order valence-corrected chi connectivity index (χ2v) is 9.97. The fourth-order valence-corrected chi connectivity index (χ4v) is 6.92. The quantitative estimate of drug-likeness (QED) is 0.444. The minimum atomic E-state index is 0.378. The highest BCUT2D eigenvalue weighted by Crippen LogP contribution is 2.56. The van der Waals surface area contributed by atoms with Crippen molar-refractivity contribution in [3.63, 3.8) is 0 Å². The van der Waals surface area contributed by atoms with Gasteiger partial charge in [0, 0.05) is 23.7 Å². The molecule has 164 valence electrons. The third kappa shape index (κ3) is 2.98. The largest absolute Gasteiger partial charge is 0.0839 e. The lowest BCUT2D eigenvalue weighted by Crippen LogP contribution is -2.34. The molecular formula is C34H28. The maximum absolute atomic E-state index is 2.47. The molecule has 0 bridgehead atoms. The predicted molar refractivity (Wildman–Crippen MR) is 143 cm³/mol. The zero-order chi connectivity index (χ0) is 22.5. The van der Waals surface area contributed by atoms with Crippen molar-refractivity contribution in [3.8, 4) is 0 Å². The summed E-state index contributed by atoms with van der Waals surface area (Å²) in [5, 5.41) is 2.74. The van der Waals surface area contributed by atoms with Crippen molar-refractivity contribution in [3.05, 3.63) is 155 Å². The van der Waals surface area contributed by atoms with Crippen LogP contribution >= 0.6 is 0 Å². The van der Waals surface area contributed by atoms with Gasteiger partial charge in [0.1, 0.15) is 0 Å². The van der Waals surface area contributed by atoms with E-state index in [9.17, 15) is 0 Å². The maximum Gasteiger partial charge on any atom is 0.0130 e. The minimum Gasteiger partial charge on any atom is -0.0839 e. The van der Waals surface area contributed by atoms with Crippen LogP contribution in [0.1, 0.15) is 17.9 Å². The molecule has 0 fully saturated rings. The molecule has 34 heavy (non-hydrogen) atoms. The molecular weight excluding hydrogens is 408 g/mol.